The average molecular weight is 325 g/mol. The first kappa shape index (κ1) is 16.8. The predicted octanol–water partition coefficient (Wildman–Crippen LogP) is 2.83. The fourth-order valence-electron chi connectivity index (χ4n) is 3.33. The molecule has 0 unspecified atom stereocenters. The van der Waals surface area contributed by atoms with E-state index in [0.717, 1.165) is 6.54 Å². The van der Waals surface area contributed by atoms with Crippen molar-refractivity contribution in [2.75, 3.05) is 19.7 Å². The summed E-state index contributed by atoms with van der Waals surface area (Å²) in [5.74, 6) is -1.46. The van der Waals surface area contributed by atoms with Gasteiger partial charge in [-0.2, -0.15) is 0 Å². The summed E-state index contributed by atoms with van der Waals surface area (Å²) < 4.78 is 5.79. The fourth-order valence-corrected chi connectivity index (χ4v) is 3.33. The summed E-state index contributed by atoms with van der Waals surface area (Å²) in [5, 5.41) is 11.3. The van der Waals surface area contributed by atoms with Crippen molar-refractivity contribution in [3.05, 3.63) is 71.8 Å². The van der Waals surface area contributed by atoms with Crippen molar-refractivity contribution in [2.45, 2.75) is 25.2 Å². The van der Waals surface area contributed by atoms with Crippen molar-refractivity contribution in [1.82, 2.24) is 4.90 Å². The Bertz CT molecular complexity index is 674. The molecule has 0 amide bonds. The second kappa shape index (κ2) is 7.26. The third kappa shape index (κ3) is 3.26. The maximum Gasteiger partial charge on any atom is 0.208 e. The molecule has 2 aromatic carbocycles. The van der Waals surface area contributed by atoms with Crippen LogP contribution in [0.5, 0.6) is 0 Å². The van der Waals surface area contributed by atoms with Crippen molar-refractivity contribution >= 4 is 5.78 Å². The molecule has 0 aromatic heterocycles. The van der Waals surface area contributed by atoms with E-state index in [1.54, 1.807) is 0 Å². The van der Waals surface area contributed by atoms with Gasteiger partial charge in [0.05, 0.1) is 12.6 Å². The van der Waals surface area contributed by atoms with Gasteiger partial charge in [0.1, 0.15) is 0 Å². The maximum atomic E-state index is 12.7. The molecule has 1 N–H and O–H groups in total. The summed E-state index contributed by atoms with van der Waals surface area (Å²) in [4.78, 5) is 14.8. The number of hydrogen-bond acceptors (Lipinski definition) is 4. The van der Waals surface area contributed by atoms with Crippen molar-refractivity contribution in [3.8, 4) is 0 Å². The maximum absolute atomic E-state index is 12.7. The van der Waals surface area contributed by atoms with Crippen LogP contribution in [-0.4, -0.2) is 41.5 Å². The number of nitrogens with zero attached hydrogens (tertiary/aromatic N) is 1. The molecule has 0 bridgehead atoms. The summed E-state index contributed by atoms with van der Waals surface area (Å²) in [6, 6.07) is 18.1. The number of ether oxygens (including phenoxy) is 1. The summed E-state index contributed by atoms with van der Waals surface area (Å²) >= 11 is 0. The van der Waals surface area contributed by atoms with E-state index in [1.165, 1.54) is 0 Å². The highest BCUT2D eigenvalue weighted by atomic mass is 16.6. The van der Waals surface area contributed by atoms with Gasteiger partial charge in [-0.25, -0.2) is 0 Å². The normalized spacial score (nSPS) is 24.7. The standard InChI is InChI=1S/C20H23NO3/c1-2-21-13-14-24-20(23,17-11-7-4-8-12-17)19(21)15-18(22)16-9-5-3-6-10-16/h3-12,19,23H,2,13-15H2,1H3/t19-,20+/m1/s1. The van der Waals surface area contributed by atoms with E-state index in [0.29, 0.717) is 24.3 Å². The topological polar surface area (TPSA) is 49.8 Å². The van der Waals surface area contributed by atoms with E-state index >= 15 is 0 Å². The molecule has 1 fully saturated rings. The Morgan fingerprint density at radius 1 is 1.17 bits per heavy atom. The SMILES string of the molecule is CCN1CCO[C@@](O)(c2ccccc2)[C@H]1CC(=O)c1ccccc1. The van der Waals surface area contributed by atoms with Gasteiger partial charge in [-0.15, -0.1) is 0 Å². The molecule has 0 spiro atoms. The van der Waals surface area contributed by atoms with Crippen LogP contribution in [0.25, 0.3) is 0 Å². The second-order valence-corrected chi connectivity index (χ2v) is 6.05. The van der Waals surface area contributed by atoms with Crippen molar-refractivity contribution in [2.24, 2.45) is 0 Å². The molecule has 1 saturated heterocycles. The number of rotatable bonds is 5. The van der Waals surface area contributed by atoms with Gasteiger partial charge < -0.3 is 9.84 Å². The van der Waals surface area contributed by atoms with Crippen molar-refractivity contribution in [3.63, 3.8) is 0 Å². The van der Waals surface area contributed by atoms with Crippen LogP contribution < -0.4 is 0 Å². The van der Waals surface area contributed by atoms with E-state index < -0.39 is 11.8 Å². The Morgan fingerprint density at radius 3 is 2.42 bits per heavy atom. The van der Waals surface area contributed by atoms with Gasteiger partial charge in [0, 0.05) is 24.1 Å². The number of aliphatic hydroxyl groups is 1. The molecule has 0 saturated carbocycles. The molecule has 1 aliphatic rings. The van der Waals surface area contributed by atoms with Crippen molar-refractivity contribution < 1.29 is 14.6 Å². The summed E-state index contributed by atoms with van der Waals surface area (Å²) in [6.07, 6.45) is 0.212. The van der Waals surface area contributed by atoms with Gasteiger partial charge in [0.2, 0.25) is 5.79 Å². The second-order valence-electron chi connectivity index (χ2n) is 6.05. The van der Waals surface area contributed by atoms with Gasteiger partial charge in [-0.3, -0.25) is 9.69 Å². The molecule has 3 rings (SSSR count). The highest BCUT2D eigenvalue weighted by Gasteiger charge is 2.46. The number of carbonyl (C=O) groups excluding carboxylic acids is 1. The van der Waals surface area contributed by atoms with Crippen LogP contribution in [-0.2, 0) is 10.5 Å². The molecule has 2 atom stereocenters. The zero-order valence-electron chi connectivity index (χ0n) is 13.9. The largest absolute Gasteiger partial charge is 0.361 e. The van der Waals surface area contributed by atoms with Crippen LogP contribution in [0.4, 0.5) is 0 Å². The number of Topliss-reactive ketones (excluding diaryl/α,β-unsaturated/α-hetero) is 1. The zero-order valence-corrected chi connectivity index (χ0v) is 13.9. The molecule has 0 radical (unpaired) electrons. The molecule has 126 valence electrons. The summed E-state index contributed by atoms with van der Waals surface area (Å²) in [5.41, 5.74) is 1.35. The molecular weight excluding hydrogens is 302 g/mol. The fraction of sp³-hybridized carbons (Fsp3) is 0.350. The first-order valence-corrected chi connectivity index (χ1v) is 8.39. The number of hydrogen-bond donors (Lipinski definition) is 1. The average Bonchev–Trinajstić information content (AvgIpc) is 2.64. The lowest BCUT2D eigenvalue weighted by Gasteiger charge is -2.46. The summed E-state index contributed by atoms with van der Waals surface area (Å²) in [7, 11) is 0. The molecular formula is C20H23NO3. The highest BCUT2D eigenvalue weighted by Crippen LogP contribution is 2.35. The minimum Gasteiger partial charge on any atom is -0.361 e. The Balaban J connectivity index is 1.91. The van der Waals surface area contributed by atoms with Gasteiger partial charge >= 0.3 is 0 Å². The molecule has 2 aromatic rings. The van der Waals surface area contributed by atoms with Crippen LogP contribution in [0.3, 0.4) is 0 Å². The molecule has 1 aliphatic heterocycles. The van der Waals surface area contributed by atoms with Gasteiger partial charge in [-0.05, 0) is 6.54 Å². The number of ketones is 1. The lowest BCUT2D eigenvalue weighted by molar-refractivity contribution is -0.277. The number of likely N-dealkylation sites (N-methyl/N-ethyl adjacent to an activating group) is 1. The van der Waals surface area contributed by atoms with Crippen LogP contribution in [0, 0.1) is 0 Å². The number of carbonyl (C=O) groups is 1. The quantitative estimate of drug-likeness (QED) is 0.859. The third-order valence-electron chi connectivity index (χ3n) is 4.66. The number of benzene rings is 2. The van der Waals surface area contributed by atoms with Gasteiger partial charge in [0.25, 0.3) is 0 Å². The minimum atomic E-state index is -1.47. The lowest BCUT2D eigenvalue weighted by atomic mass is 9.89. The monoisotopic (exact) mass is 325 g/mol. The molecule has 24 heavy (non-hydrogen) atoms. The van der Waals surface area contributed by atoms with Gasteiger partial charge in [0.15, 0.2) is 5.78 Å². The van der Waals surface area contributed by atoms with E-state index in [1.807, 2.05) is 67.6 Å². The minimum absolute atomic E-state index is 0.0129. The van der Waals surface area contributed by atoms with E-state index in [2.05, 4.69) is 4.90 Å². The third-order valence-corrected chi connectivity index (χ3v) is 4.66. The molecule has 4 nitrogen and oxygen atoms in total. The van der Waals surface area contributed by atoms with Crippen LogP contribution >= 0.6 is 0 Å². The Morgan fingerprint density at radius 2 is 1.79 bits per heavy atom. The van der Waals surface area contributed by atoms with E-state index in [4.69, 9.17) is 4.74 Å². The smallest absolute Gasteiger partial charge is 0.208 e. The Kier molecular flexibility index (Phi) is 5.09. The van der Waals surface area contributed by atoms with E-state index in [-0.39, 0.29) is 12.2 Å². The Hall–Kier alpha value is -2.01. The van der Waals surface area contributed by atoms with E-state index in [9.17, 15) is 9.90 Å². The first-order chi connectivity index (χ1) is 11.6. The van der Waals surface area contributed by atoms with Gasteiger partial charge in [-0.1, -0.05) is 67.6 Å². The molecule has 4 heteroatoms. The lowest BCUT2D eigenvalue weighted by Crippen LogP contribution is -2.58. The first-order valence-electron chi connectivity index (χ1n) is 8.39. The van der Waals surface area contributed by atoms with Crippen LogP contribution in [0.15, 0.2) is 60.7 Å². The van der Waals surface area contributed by atoms with Crippen molar-refractivity contribution in [1.29, 1.82) is 0 Å². The predicted molar refractivity (Wildman–Crippen MR) is 92.7 cm³/mol. The molecule has 0 aliphatic carbocycles. The van der Waals surface area contributed by atoms with Crippen LogP contribution in [0.2, 0.25) is 0 Å². The van der Waals surface area contributed by atoms with Crippen LogP contribution in [0.1, 0.15) is 29.3 Å². The zero-order chi connectivity index (χ0) is 17.0. The molecule has 1 heterocycles. The number of morpholine rings is 1. The Labute approximate surface area is 142 Å². The summed E-state index contributed by atoms with van der Waals surface area (Å²) in [6.45, 7) is 3.94. The highest BCUT2D eigenvalue weighted by molar-refractivity contribution is 5.96.